The van der Waals surface area contributed by atoms with Crippen molar-refractivity contribution >= 4 is 29.9 Å². The highest BCUT2D eigenvalue weighted by atomic mass is 127. The van der Waals surface area contributed by atoms with Crippen molar-refractivity contribution in [3.8, 4) is 0 Å². The summed E-state index contributed by atoms with van der Waals surface area (Å²) in [6.07, 6.45) is 6.98. The lowest BCUT2D eigenvalue weighted by molar-refractivity contribution is -0.0161. The van der Waals surface area contributed by atoms with Crippen LogP contribution in [0.25, 0.3) is 0 Å². The number of rotatable bonds is 5. The van der Waals surface area contributed by atoms with Crippen LogP contribution in [0.1, 0.15) is 39.0 Å². The average Bonchev–Trinajstić information content (AvgIpc) is 2.97. The van der Waals surface area contributed by atoms with Gasteiger partial charge in [0.15, 0.2) is 5.96 Å². The van der Waals surface area contributed by atoms with Gasteiger partial charge in [0.05, 0.1) is 12.7 Å². The molecule has 0 aromatic carbocycles. The van der Waals surface area contributed by atoms with Gasteiger partial charge in [-0.15, -0.1) is 24.0 Å². The number of hydrogen-bond acceptors (Lipinski definition) is 3. The van der Waals surface area contributed by atoms with E-state index in [9.17, 15) is 0 Å². The Morgan fingerprint density at radius 3 is 2.64 bits per heavy atom. The van der Waals surface area contributed by atoms with Gasteiger partial charge in [0.1, 0.15) is 0 Å². The molecule has 0 amide bonds. The zero-order valence-corrected chi connectivity index (χ0v) is 16.7. The van der Waals surface area contributed by atoms with E-state index < -0.39 is 0 Å². The van der Waals surface area contributed by atoms with Crippen LogP contribution in [0, 0.1) is 5.41 Å². The number of morpholine rings is 1. The van der Waals surface area contributed by atoms with Crippen LogP contribution in [-0.4, -0.2) is 63.8 Å². The van der Waals surface area contributed by atoms with E-state index in [1.54, 1.807) is 0 Å². The maximum absolute atomic E-state index is 5.78. The zero-order chi connectivity index (χ0) is 15.1. The predicted molar refractivity (Wildman–Crippen MR) is 103 cm³/mol. The first-order chi connectivity index (χ1) is 10.2. The smallest absolute Gasteiger partial charge is 0.191 e. The van der Waals surface area contributed by atoms with Crippen molar-refractivity contribution in [3.63, 3.8) is 0 Å². The standard InChI is InChI=1S/C16H32N4O.HI/c1-4-16(7-5-6-8-16)13-19-15(17-2)18-11-14-12-20(3)9-10-21-14;/h14H,4-13H2,1-3H3,(H2,17,18,19);1H. The van der Waals surface area contributed by atoms with Crippen LogP contribution in [0.2, 0.25) is 0 Å². The van der Waals surface area contributed by atoms with Crippen molar-refractivity contribution in [1.29, 1.82) is 0 Å². The van der Waals surface area contributed by atoms with Gasteiger partial charge in [-0.3, -0.25) is 4.99 Å². The molecule has 130 valence electrons. The van der Waals surface area contributed by atoms with Crippen molar-refractivity contribution in [2.75, 3.05) is 46.9 Å². The third-order valence-corrected chi connectivity index (χ3v) is 5.11. The van der Waals surface area contributed by atoms with Gasteiger partial charge in [-0.25, -0.2) is 0 Å². The highest BCUT2D eigenvalue weighted by Gasteiger charge is 2.31. The largest absolute Gasteiger partial charge is 0.374 e. The summed E-state index contributed by atoms with van der Waals surface area (Å²) >= 11 is 0. The minimum atomic E-state index is 0. The molecule has 1 aliphatic heterocycles. The normalized spacial score (nSPS) is 25.6. The van der Waals surface area contributed by atoms with Crippen molar-refractivity contribution in [1.82, 2.24) is 15.5 Å². The van der Waals surface area contributed by atoms with E-state index in [1.807, 2.05) is 7.05 Å². The first kappa shape index (κ1) is 20.0. The van der Waals surface area contributed by atoms with Gasteiger partial charge in [-0.1, -0.05) is 19.8 Å². The van der Waals surface area contributed by atoms with Crippen LogP contribution in [0.15, 0.2) is 4.99 Å². The van der Waals surface area contributed by atoms with E-state index >= 15 is 0 Å². The average molecular weight is 424 g/mol. The zero-order valence-electron chi connectivity index (χ0n) is 14.4. The number of likely N-dealkylation sites (N-methyl/N-ethyl adjacent to an activating group) is 1. The molecule has 1 unspecified atom stereocenters. The van der Waals surface area contributed by atoms with Gasteiger partial charge >= 0.3 is 0 Å². The van der Waals surface area contributed by atoms with Gasteiger partial charge in [0, 0.05) is 33.2 Å². The Kier molecular flexibility index (Phi) is 9.01. The van der Waals surface area contributed by atoms with Crippen LogP contribution in [0.4, 0.5) is 0 Å². The van der Waals surface area contributed by atoms with Gasteiger partial charge in [0.2, 0.25) is 0 Å². The lowest BCUT2D eigenvalue weighted by Crippen LogP contribution is -2.49. The van der Waals surface area contributed by atoms with Gasteiger partial charge < -0.3 is 20.3 Å². The van der Waals surface area contributed by atoms with Gasteiger partial charge in [0.25, 0.3) is 0 Å². The van der Waals surface area contributed by atoms with Crippen molar-refractivity contribution in [2.24, 2.45) is 10.4 Å². The number of nitrogens with zero attached hydrogens (tertiary/aromatic N) is 2. The lowest BCUT2D eigenvalue weighted by Gasteiger charge is -2.31. The molecule has 2 rings (SSSR count). The summed E-state index contributed by atoms with van der Waals surface area (Å²) in [5.74, 6) is 0.909. The second kappa shape index (κ2) is 9.93. The molecule has 22 heavy (non-hydrogen) atoms. The van der Waals surface area contributed by atoms with Crippen LogP contribution >= 0.6 is 24.0 Å². The quantitative estimate of drug-likeness (QED) is 0.403. The molecule has 2 N–H and O–H groups in total. The Bertz CT molecular complexity index is 345. The topological polar surface area (TPSA) is 48.9 Å². The number of aliphatic imine (C=N–C) groups is 1. The summed E-state index contributed by atoms with van der Waals surface area (Å²) in [4.78, 5) is 6.66. The van der Waals surface area contributed by atoms with Crippen LogP contribution in [0.5, 0.6) is 0 Å². The summed E-state index contributed by atoms with van der Waals surface area (Å²) in [5, 5.41) is 6.94. The predicted octanol–water partition coefficient (Wildman–Crippen LogP) is 2.07. The third kappa shape index (κ3) is 5.85. The van der Waals surface area contributed by atoms with E-state index in [1.165, 1.54) is 32.1 Å². The highest BCUT2D eigenvalue weighted by molar-refractivity contribution is 14.0. The Labute approximate surface area is 152 Å². The SMILES string of the molecule is CCC1(CNC(=NC)NCC2CN(C)CCO2)CCCC1.I. The van der Waals surface area contributed by atoms with E-state index in [0.717, 1.165) is 38.7 Å². The minimum absolute atomic E-state index is 0. The summed E-state index contributed by atoms with van der Waals surface area (Å²) < 4.78 is 5.78. The summed E-state index contributed by atoms with van der Waals surface area (Å²) in [6.45, 7) is 7.02. The Morgan fingerprint density at radius 1 is 1.32 bits per heavy atom. The molecule has 0 bridgehead atoms. The molecular weight excluding hydrogens is 391 g/mol. The lowest BCUT2D eigenvalue weighted by atomic mass is 9.83. The first-order valence-corrected chi connectivity index (χ1v) is 8.42. The number of guanidine groups is 1. The number of ether oxygens (including phenoxy) is 1. The van der Waals surface area contributed by atoms with Crippen LogP contribution < -0.4 is 10.6 Å². The van der Waals surface area contributed by atoms with Crippen molar-refractivity contribution in [2.45, 2.75) is 45.1 Å². The summed E-state index contributed by atoms with van der Waals surface area (Å²) in [6, 6.07) is 0. The van der Waals surface area contributed by atoms with E-state index in [2.05, 4.69) is 34.5 Å². The Hall–Kier alpha value is -0.0800. The number of nitrogens with one attached hydrogen (secondary N) is 2. The minimum Gasteiger partial charge on any atom is -0.374 e. The van der Waals surface area contributed by atoms with E-state index in [4.69, 9.17) is 4.74 Å². The van der Waals surface area contributed by atoms with Crippen LogP contribution in [-0.2, 0) is 4.74 Å². The van der Waals surface area contributed by atoms with E-state index in [-0.39, 0.29) is 30.1 Å². The molecule has 2 aliphatic rings. The molecule has 1 aliphatic carbocycles. The van der Waals surface area contributed by atoms with Crippen molar-refractivity contribution < 1.29 is 4.74 Å². The Morgan fingerprint density at radius 2 is 2.05 bits per heavy atom. The fraction of sp³-hybridized carbons (Fsp3) is 0.938. The van der Waals surface area contributed by atoms with Gasteiger partial charge in [-0.2, -0.15) is 0 Å². The maximum atomic E-state index is 5.78. The summed E-state index contributed by atoms with van der Waals surface area (Å²) in [5.41, 5.74) is 0.485. The monoisotopic (exact) mass is 424 g/mol. The highest BCUT2D eigenvalue weighted by Crippen LogP contribution is 2.40. The molecule has 5 nitrogen and oxygen atoms in total. The molecule has 0 aromatic heterocycles. The second-order valence-corrected chi connectivity index (χ2v) is 6.62. The molecule has 2 fully saturated rings. The molecule has 0 radical (unpaired) electrons. The fourth-order valence-corrected chi connectivity index (χ4v) is 3.47. The molecule has 1 atom stereocenters. The molecule has 1 saturated carbocycles. The Balaban J connectivity index is 0.00000242. The van der Waals surface area contributed by atoms with Crippen molar-refractivity contribution in [3.05, 3.63) is 0 Å². The maximum Gasteiger partial charge on any atom is 0.191 e. The van der Waals surface area contributed by atoms with Gasteiger partial charge in [-0.05, 0) is 31.7 Å². The molecular formula is C16H33IN4O. The molecule has 0 spiro atoms. The third-order valence-electron chi connectivity index (χ3n) is 5.11. The fourth-order valence-electron chi connectivity index (χ4n) is 3.47. The van der Waals surface area contributed by atoms with E-state index in [0.29, 0.717) is 5.41 Å². The number of hydrogen-bond donors (Lipinski definition) is 2. The molecule has 1 saturated heterocycles. The molecule has 6 heteroatoms. The summed E-state index contributed by atoms with van der Waals surface area (Å²) in [7, 11) is 3.99. The number of halogens is 1. The molecule has 1 heterocycles. The second-order valence-electron chi connectivity index (χ2n) is 6.62. The molecule has 0 aromatic rings. The van der Waals surface area contributed by atoms with Crippen LogP contribution in [0.3, 0.4) is 0 Å². The first-order valence-electron chi connectivity index (χ1n) is 8.42.